The highest BCUT2D eigenvalue weighted by atomic mass is 35.5. The summed E-state index contributed by atoms with van der Waals surface area (Å²) in [5.41, 5.74) is 6.39. The van der Waals surface area contributed by atoms with Gasteiger partial charge >= 0.3 is 0 Å². The third-order valence-corrected chi connectivity index (χ3v) is 3.24. The molecule has 4 nitrogen and oxygen atoms in total. The van der Waals surface area contributed by atoms with Crippen LogP contribution >= 0.6 is 11.6 Å². The van der Waals surface area contributed by atoms with Gasteiger partial charge in [-0.25, -0.2) is 0 Å². The van der Waals surface area contributed by atoms with Gasteiger partial charge in [0.25, 0.3) is 5.91 Å². The first kappa shape index (κ1) is 12.4. The van der Waals surface area contributed by atoms with Gasteiger partial charge in [-0.05, 0) is 37.2 Å². The van der Waals surface area contributed by atoms with E-state index in [-0.39, 0.29) is 11.4 Å². The summed E-state index contributed by atoms with van der Waals surface area (Å²) in [6.07, 6.45) is 0.883. The Bertz CT molecular complexity index is 399. The Morgan fingerprint density at radius 1 is 1.47 bits per heavy atom. The van der Waals surface area contributed by atoms with Gasteiger partial charge in [0, 0.05) is 29.2 Å². The molecule has 1 aromatic rings. The van der Waals surface area contributed by atoms with Crippen molar-refractivity contribution in [2.75, 3.05) is 19.6 Å². The van der Waals surface area contributed by atoms with Crippen LogP contribution in [0.1, 0.15) is 16.8 Å². The van der Waals surface area contributed by atoms with Crippen molar-refractivity contribution in [3.63, 3.8) is 0 Å². The van der Waals surface area contributed by atoms with E-state index in [4.69, 9.17) is 17.3 Å². The van der Waals surface area contributed by atoms with Crippen molar-refractivity contribution in [3.8, 4) is 0 Å². The monoisotopic (exact) mass is 253 g/mol. The van der Waals surface area contributed by atoms with Crippen LogP contribution in [0.2, 0.25) is 5.02 Å². The van der Waals surface area contributed by atoms with Gasteiger partial charge in [-0.2, -0.15) is 0 Å². The molecule has 1 aromatic carbocycles. The molecule has 0 radical (unpaired) electrons. The van der Waals surface area contributed by atoms with E-state index in [1.54, 1.807) is 24.3 Å². The molecule has 0 aliphatic carbocycles. The molecule has 0 saturated carbocycles. The van der Waals surface area contributed by atoms with Crippen LogP contribution < -0.4 is 16.4 Å². The molecule has 0 bridgehead atoms. The Balaban J connectivity index is 1.91. The van der Waals surface area contributed by atoms with Crippen LogP contribution in [0, 0.1) is 0 Å². The van der Waals surface area contributed by atoms with E-state index in [9.17, 15) is 4.79 Å². The topological polar surface area (TPSA) is 67.1 Å². The van der Waals surface area contributed by atoms with Crippen LogP contribution in [0.3, 0.4) is 0 Å². The zero-order chi connectivity index (χ0) is 12.3. The van der Waals surface area contributed by atoms with E-state index >= 15 is 0 Å². The molecule has 0 unspecified atom stereocenters. The number of rotatable bonds is 3. The first-order valence-corrected chi connectivity index (χ1v) is 6.00. The first-order valence-electron chi connectivity index (χ1n) is 5.62. The van der Waals surface area contributed by atoms with Crippen LogP contribution in [0.5, 0.6) is 0 Å². The highest BCUT2D eigenvalue weighted by Gasteiger charge is 2.29. The van der Waals surface area contributed by atoms with Gasteiger partial charge in [0.1, 0.15) is 0 Å². The highest BCUT2D eigenvalue weighted by molar-refractivity contribution is 6.30. The van der Waals surface area contributed by atoms with E-state index in [1.165, 1.54) is 0 Å². The number of benzene rings is 1. The second-order valence-corrected chi connectivity index (χ2v) is 4.92. The Morgan fingerprint density at radius 3 is 2.76 bits per heavy atom. The van der Waals surface area contributed by atoms with Crippen molar-refractivity contribution >= 4 is 17.5 Å². The van der Waals surface area contributed by atoms with Gasteiger partial charge in [-0.1, -0.05) is 11.6 Å². The Morgan fingerprint density at radius 2 is 2.18 bits per heavy atom. The average molecular weight is 254 g/mol. The normalized spacial score (nSPS) is 23.6. The number of hydrogen-bond donors (Lipinski definition) is 3. The number of carbonyl (C=O) groups is 1. The van der Waals surface area contributed by atoms with Crippen molar-refractivity contribution in [3.05, 3.63) is 34.9 Å². The van der Waals surface area contributed by atoms with Crippen LogP contribution in [0.25, 0.3) is 0 Å². The summed E-state index contributed by atoms with van der Waals surface area (Å²) in [5.74, 6) is -0.113. The Hall–Kier alpha value is -1.10. The number of halogens is 1. The standard InChI is InChI=1S/C12H16ClN3O/c13-10-3-1-9(2-4-10)11(17)16-8-12(14)5-6-15-7-12/h1-4,15H,5-8,14H2,(H,16,17)/t12-/m1/s1. The molecule has 1 fully saturated rings. The molecule has 2 rings (SSSR count). The van der Waals surface area contributed by atoms with Crippen molar-refractivity contribution in [1.29, 1.82) is 0 Å². The molecule has 0 spiro atoms. The third-order valence-electron chi connectivity index (χ3n) is 2.98. The summed E-state index contributed by atoms with van der Waals surface area (Å²) in [5, 5.41) is 6.67. The predicted octanol–water partition coefficient (Wildman–Crippen LogP) is 0.761. The SMILES string of the molecule is N[C@]1(CNC(=O)c2ccc(Cl)cc2)CCNC1. The number of nitrogens with one attached hydrogen (secondary N) is 2. The fourth-order valence-electron chi connectivity index (χ4n) is 1.87. The molecule has 1 heterocycles. The smallest absolute Gasteiger partial charge is 0.251 e. The van der Waals surface area contributed by atoms with Gasteiger partial charge in [0.05, 0.1) is 0 Å². The molecule has 5 heteroatoms. The fourth-order valence-corrected chi connectivity index (χ4v) is 2.00. The van der Waals surface area contributed by atoms with Crippen LogP contribution in [0.15, 0.2) is 24.3 Å². The zero-order valence-electron chi connectivity index (χ0n) is 9.50. The van der Waals surface area contributed by atoms with E-state index in [0.29, 0.717) is 17.1 Å². The van der Waals surface area contributed by atoms with Gasteiger partial charge < -0.3 is 16.4 Å². The second-order valence-electron chi connectivity index (χ2n) is 4.48. The van der Waals surface area contributed by atoms with Crippen molar-refractivity contribution in [1.82, 2.24) is 10.6 Å². The maximum absolute atomic E-state index is 11.8. The average Bonchev–Trinajstić information content (AvgIpc) is 2.75. The molecular weight excluding hydrogens is 238 g/mol. The minimum Gasteiger partial charge on any atom is -0.350 e. The fraction of sp³-hybridized carbons (Fsp3) is 0.417. The molecule has 1 atom stereocenters. The van der Waals surface area contributed by atoms with Crippen molar-refractivity contribution in [2.24, 2.45) is 5.73 Å². The van der Waals surface area contributed by atoms with Gasteiger partial charge in [-0.3, -0.25) is 4.79 Å². The first-order chi connectivity index (χ1) is 8.09. The Labute approximate surface area is 106 Å². The van der Waals surface area contributed by atoms with Crippen molar-refractivity contribution < 1.29 is 4.79 Å². The lowest BCUT2D eigenvalue weighted by molar-refractivity contribution is 0.0945. The van der Waals surface area contributed by atoms with Crippen LogP contribution in [0.4, 0.5) is 0 Å². The second kappa shape index (κ2) is 5.04. The molecular formula is C12H16ClN3O. The molecule has 4 N–H and O–H groups in total. The van der Waals surface area contributed by atoms with E-state index < -0.39 is 0 Å². The van der Waals surface area contributed by atoms with E-state index in [1.807, 2.05) is 0 Å². The van der Waals surface area contributed by atoms with Crippen molar-refractivity contribution in [2.45, 2.75) is 12.0 Å². The largest absolute Gasteiger partial charge is 0.350 e. The Kier molecular flexibility index (Phi) is 3.66. The summed E-state index contributed by atoms with van der Waals surface area (Å²) in [6, 6.07) is 6.80. The zero-order valence-corrected chi connectivity index (χ0v) is 10.3. The molecule has 1 saturated heterocycles. The quantitative estimate of drug-likeness (QED) is 0.745. The minimum atomic E-state index is -0.317. The molecule has 0 aromatic heterocycles. The number of amides is 1. The maximum atomic E-state index is 11.8. The molecule has 17 heavy (non-hydrogen) atoms. The molecule has 1 amide bonds. The van der Waals surface area contributed by atoms with Gasteiger partial charge in [0.2, 0.25) is 0 Å². The number of carbonyl (C=O) groups excluding carboxylic acids is 1. The molecule has 92 valence electrons. The third kappa shape index (κ3) is 3.19. The summed E-state index contributed by atoms with van der Waals surface area (Å²) < 4.78 is 0. The lowest BCUT2D eigenvalue weighted by Crippen LogP contribution is -2.51. The number of nitrogens with two attached hydrogens (primary N) is 1. The summed E-state index contributed by atoms with van der Waals surface area (Å²) in [4.78, 5) is 11.8. The lowest BCUT2D eigenvalue weighted by atomic mass is 10.0. The van der Waals surface area contributed by atoms with Gasteiger partial charge in [0.15, 0.2) is 0 Å². The number of hydrogen-bond acceptors (Lipinski definition) is 3. The summed E-state index contributed by atoms with van der Waals surface area (Å²) in [6.45, 7) is 2.14. The highest BCUT2D eigenvalue weighted by Crippen LogP contribution is 2.11. The van der Waals surface area contributed by atoms with Crippen LogP contribution in [-0.2, 0) is 0 Å². The van der Waals surface area contributed by atoms with E-state index in [2.05, 4.69) is 10.6 Å². The molecule has 1 aliphatic heterocycles. The summed E-state index contributed by atoms with van der Waals surface area (Å²) >= 11 is 5.76. The minimum absolute atomic E-state index is 0.113. The molecule has 1 aliphatic rings. The van der Waals surface area contributed by atoms with E-state index in [0.717, 1.165) is 19.5 Å². The lowest BCUT2D eigenvalue weighted by Gasteiger charge is -2.22. The summed E-state index contributed by atoms with van der Waals surface area (Å²) in [7, 11) is 0. The van der Waals surface area contributed by atoms with Gasteiger partial charge in [-0.15, -0.1) is 0 Å². The predicted molar refractivity (Wildman–Crippen MR) is 68.2 cm³/mol. The van der Waals surface area contributed by atoms with Crippen LogP contribution in [-0.4, -0.2) is 31.1 Å². The maximum Gasteiger partial charge on any atom is 0.251 e.